The van der Waals surface area contributed by atoms with Crippen molar-refractivity contribution < 1.29 is 4.79 Å². The Balaban J connectivity index is 1.12. The van der Waals surface area contributed by atoms with E-state index in [0.29, 0.717) is 22.0 Å². The summed E-state index contributed by atoms with van der Waals surface area (Å²) in [4.78, 5) is 37.6. The summed E-state index contributed by atoms with van der Waals surface area (Å²) in [5, 5.41) is 3.25. The van der Waals surface area contributed by atoms with Crippen LogP contribution in [0.2, 0.25) is 5.02 Å². The summed E-state index contributed by atoms with van der Waals surface area (Å²) in [7, 11) is 1.62. The maximum atomic E-state index is 12.8. The predicted octanol–water partition coefficient (Wildman–Crippen LogP) is 3.42. The van der Waals surface area contributed by atoms with Crippen molar-refractivity contribution in [3.05, 3.63) is 62.3 Å². The molecular formula is C27H32ClN5O2. The maximum absolute atomic E-state index is 12.8. The van der Waals surface area contributed by atoms with Crippen LogP contribution in [-0.4, -0.2) is 60.0 Å². The number of aryl methyl sites for hydroxylation is 1. The summed E-state index contributed by atoms with van der Waals surface area (Å²) in [5.74, 6) is 0.651. The van der Waals surface area contributed by atoms with Crippen LogP contribution in [0, 0.1) is 5.41 Å². The van der Waals surface area contributed by atoms with E-state index < -0.39 is 0 Å². The molecular weight excluding hydrogens is 462 g/mol. The Morgan fingerprint density at radius 2 is 1.97 bits per heavy atom. The lowest BCUT2D eigenvalue weighted by Crippen LogP contribution is -2.49. The number of benzene rings is 1. The summed E-state index contributed by atoms with van der Waals surface area (Å²) >= 11 is 6.52. The molecule has 1 spiro atoms. The van der Waals surface area contributed by atoms with Crippen molar-refractivity contribution >= 4 is 28.8 Å². The van der Waals surface area contributed by atoms with Crippen molar-refractivity contribution in [3.63, 3.8) is 0 Å². The van der Waals surface area contributed by atoms with Crippen LogP contribution in [0.1, 0.15) is 59.5 Å². The average molecular weight is 494 g/mol. The fourth-order valence-corrected chi connectivity index (χ4v) is 6.37. The van der Waals surface area contributed by atoms with Gasteiger partial charge in [-0.3, -0.25) is 14.5 Å². The van der Waals surface area contributed by atoms with Crippen molar-refractivity contribution in [2.24, 2.45) is 5.41 Å². The Morgan fingerprint density at radius 3 is 2.69 bits per heavy atom. The van der Waals surface area contributed by atoms with Gasteiger partial charge in [-0.25, -0.2) is 4.98 Å². The topological polar surface area (TPSA) is 81.3 Å². The van der Waals surface area contributed by atoms with Crippen LogP contribution in [0.25, 0.3) is 5.57 Å². The maximum Gasteiger partial charge on any atom is 0.254 e. The number of aromatic amines is 1. The number of aromatic nitrogens is 2. The first kappa shape index (κ1) is 22.8. The number of fused-ring (bicyclic) bond motifs is 1. The fraction of sp³-hybridized carbons (Fsp3) is 0.519. The highest BCUT2D eigenvalue weighted by atomic mass is 35.5. The monoisotopic (exact) mass is 493 g/mol. The van der Waals surface area contributed by atoms with Crippen molar-refractivity contribution in [1.82, 2.24) is 20.2 Å². The van der Waals surface area contributed by atoms with Gasteiger partial charge in [0.2, 0.25) is 0 Å². The van der Waals surface area contributed by atoms with Gasteiger partial charge in [-0.15, -0.1) is 0 Å². The Morgan fingerprint density at radius 1 is 1.17 bits per heavy atom. The molecule has 184 valence electrons. The standard InChI is InChI=1S/C27H32ClN5O2/c1-29-25(34)18-3-5-23(21(28)15-18)33-12-10-32(11-13-33)19-4-2-17(14-19)24-30-22-6-7-27(8-9-27)16-20(22)26(35)31-24/h3,5,14-15,19H,2,4,6-13,16H2,1H3,(H,29,34)(H,30,31,35)/t19-/m1/s1. The summed E-state index contributed by atoms with van der Waals surface area (Å²) in [6.07, 6.45) is 9.89. The first-order valence-electron chi connectivity index (χ1n) is 12.8. The minimum absolute atomic E-state index is 0.0771. The third-order valence-corrected chi connectivity index (χ3v) is 8.77. The molecule has 1 atom stereocenters. The van der Waals surface area contributed by atoms with Gasteiger partial charge in [0, 0.05) is 50.4 Å². The number of nitrogens with zero attached hydrogens (tertiary/aromatic N) is 3. The molecule has 1 saturated carbocycles. The molecule has 35 heavy (non-hydrogen) atoms. The van der Waals surface area contributed by atoms with Gasteiger partial charge in [0.05, 0.1) is 16.4 Å². The quantitative estimate of drug-likeness (QED) is 0.682. The van der Waals surface area contributed by atoms with Crippen LogP contribution < -0.4 is 15.8 Å². The molecule has 7 nitrogen and oxygen atoms in total. The number of hydrogen-bond acceptors (Lipinski definition) is 5. The minimum atomic E-state index is -0.131. The van der Waals surface area contributed by atoms with Gasteiger partial charge in [-0.1, -0.05) is 17.7 Å². The molecule has 8 heteroatoms. The Bertz CT molecular complexity index is 1260. The highest BCUT2D eigenvalue weighted by molar-refractivity contribution is 6.33. The number of anilines is 1. The molecule has 2 N–H and O–H groups in total. The second-order valence-electron chi connectivity index (χ2n) is 10.6. The zero-order valence-electron chi connectivity index (χ0n) is 20.2. The summed E-state index contributed by atoms with van der Waals surface area (Å²) in [5.41, 5.74) is 5.18. The van der Waals surface area contributed by atoms with Crippen LogP contribution in [-0.2, 0) is 12.8 Å². The molecule has 2 aromatic rings. The molecule has 0 unspecified atom stereocenters. The van der Waals surface area contributed by atoms with Crippen molar-refractivity contribution in [3.8, 4) is 0 Å². The average Bonchev–Trinajstić information content (AvgIpc) is 3.43. The molecule has 3 aliphatic carbocycles. The van der Waals surface area contributed by atoms with E-state index in [-0.39, 0.29) is 11.5 Å². The van der Waals surface area contributed by atoms with E-state index >= 15 is 0 Å². The Kier molecular flexibility index (Phi) is 5.72. The Labute approximate surface area is 210 Å². The third-order valence-electron chi connectivity index (χ3n) is 8.47. The molecule has 2 fully saturated rings. The number of nitrogens with one attached hydrogen (secondary N) is 2. The number of piperazine rings is 1. The normalized spacial score (nSPS) is 23.2. The first-order valence-corrected chi connectivity index (χ1v) is 13.2. The summed E-state index contributed by atoms with van der Waals surface area (Å²) < 4.78 is 0. The summed E-state index contributed by atoms with van der Waals surface area (Å²) in [6, 6.07) is 5.88. The number of rotatable bonds is 4. The van der Waals surface area contributed by atoms with Crippen LogP contribution in [0.5, 0.6) is 0 Å². The zero-order valence-corrected chi connectivity index (χ0v) is 21.0. The van der Waals surface area contributed by atoms with Crippen molar-refractivity contribution in [2.45, 2.75) is 51.0 Å². The van der Waals surface area contributed by atoms with E-state index in [4.69, 9.17) is 16.6 Å². The van der Waals surface area contributed by atoms with E-state index in [9.17, 15) is 9.59 Å². The molecule has 0 radical (unpaired) electrons. The predicted molar refractivity (Wildman–Crippen MR) is 138 cm³/mol. The number of allylic oxidation sites excluding steroid dienone is 1. The molecule has 4 aliphatic rings. The lowest BCUT2D eigenvalue weighted by atomic mass is 9.84. The fourth-order valence-electron chi connectivity index (χ4n) is 6.07. The SMILES string of the molecule is CNC(=O)c1ccc(N2CCN([C@H]3C=C(c4nc5c(c(=O)[nH]4)CC4(CC5)CC4)CC3)CC2)c(Cl)c1. The third kappa shape index (κ3) is 4.29. The number of hydrogen-bond donors (Lipinski definition) is 2. The zero-order chi connectivity index (χ0) is 24.2. The van der Waals surface area contributed by atoms with Crippen LogP contribution in [0.3, 0.4) is 0 Å². The van der Waals surface area contributed by atoms with Crippen LogP contribution >= 0.6 is 11.6 Å². The molecule has 1 amide bonds. The number of carbonyl (C=O) groups excluding carboxylic acids is 1. The molecule has 1 aromatic heterocycles. The Hall–Kier alpha value is -2.64. The second-order valence-corrected chi connectivity index (χ2v) is 11.0. The molecule has 1 aliphatic heterocycles. The minimum Gasteiger partial charge on any atom is -0.368 e. The lowest BCUT2D eigenvalue weighted by molar-refractivity contribution is 0.0963. The van der Waals surface area contributed by atoms with Gasteiger partial charge >= 0.3 is 0 Å². The van der Waals surface area contributed by atoms with Crippen LogP contribution in [0.4, 0.5) is 5.69 Å². The first-order chi connectivity index (χ1) is 16.9. The van der Waals surface area contributed by atoms with E-state index in [1.54, 1.807) is 13.1 Å². The highest BCUT2D eigenvalue weighted by Gasteiger charge is 2.45. The molecule has 1 aromatic carbocycles. The highest BCUT2D eigenvalue weighted by Crippen LogP contribution is 2.53. The van der Waals surface area contributed by atoms with Gasteiger partial charge in [-0.05, 0) is 74.1 Å². The van der Waals surface area contributed by atoms with Gasteiger partial charge in [-0.2, -0.15) is 0 Å². The van der Waals surface area contributed by atoms with Gasteiger partial charge in [0.25, 0.3) is 11.5 Å². The van der Waals surface area contributed by atoms with E-state index in [0.717, 1.165) is 74.6 Å². The van der Waals surface area contributed by atoms with Crippen molar-refractivity contribution in [2.75, 3.05) is 38.1 Å². The van der Waals surface area contributed by atoms with Crippen LogP contribution in [0.15, 0.2) is 29.1 Å². The largest absolute Gasteiger partial charge is 0.368 e. The smallest absolute Gasteiger partial charge is 0.254 e. The van der Waals surface area contributed by atoms with E-state index in [1.807, 2.05) is 12.1 Å². The van der Waals surface area contributed by atoms with Crippen molar-refractivity contribution in [1.29, 1.82) is 0 Å². The number of H-pyrrole nitrogens is 1. The van der Waals surface area contributed by atoms with E-state index in [2.05, 4.69) is 26.2 Å². The van der Waals surface area contributed by atoms with Gasteiger partial charge in [0.1, 0.15) is 5.82 Å². The molecule has 1 saturated heterocycles. The van der Waals surface area contributed by atoms with Gasteiger partial charge in [0.15, 0.2) is 0 Å². The second kappa shape index (κ2) is 8.79. The van der Waals surface area contributed by atoms with E-state index in [1.165, 1.54) is 24.8 Å². The summed E-state index contributed by atoms with van der Waals surface area (Å²) in [6.45, 7) is 3.65. The molecule has 0 bridgehead atoms. The molecule has 6 rings (SSSR count). The number of carbonyl (C=O) groups is 1. The molecule has 2 heterocycles. The number of halogens is 1. The number of amides is 1. The van der Waals surface area contributed by atoms with Gasteiger partial charge < -0.3 is 15.2 Å². The lowest BCUT2D eigenvalue weighted by Gasteiger charge is -2.39.